The maximum Gasteiger partial charge on any atom is 0.302 e. The Balaban J connectivity index is 1.21. The van der Waals surface area contributed by atoms with Crippen LogP contribution in [0.15, 0.2) is 75.7 Å². The number of benzene rings is 2. The predicted octanol–water partition coefficient (Wildman–Crippen LogP) is 4.89. The molecular weight excluding hydrogens is 494 g/mol. The zero-order valence-electron chi connectivity index (χ0n) is 22.1. The average molecular weight is 526 g/mol. The Labute approximate surface area is 226 Å². The molecule has 1 fully saturated rings. The smallest absolute Gasteiger partial charge is 0.302 e. The number of nitrogens with zero attached hydrogens (tertiary/aromatic N) is 5. The molecule has 0 unspecified atom stereocenters. The number of azo groups is 1. The van der Waals surface area contributed by atoms with Gasteiger partial charge in [-0.15, -0.1) is 10.2 Å². The van der Waals surface area contributed by atoms with E-state index in [9.17, 15) is 14.7 Å². The van der Waals surface area contributed by atoms with Crippen molar-refractivity contribution in [3.05, 3.63) is 87.8 Å². The average Bonchev–Trinajstić information content (AvgIpc) is 3.19. The van der Waals surface area contributed by atoms with Crippen LogP contribution in [0.25, 0.3) is 10.9 Å². The molecule has 2 aliphatic heterocycles. The van der Waals surface area contributed by atoms with Crippen molar-refractivity contribution in [1.29, 1.82) is 0 Å². The molecule has 4 aromatic rings. The Morgan fingerprint density at radius 3 is 2.72 bits per heavy atom. The minimum atomic E-state index is -0.537. The van der Waals surface area contributed by atoms with E-state index in [1.807, 2.05) is 77.6 Å². The summed E-state index contributed by atoms with van der Waals surface area (Å²) >= 11 is 0. The van der Waals surface area contributed by atoms with E-state index in [1.54, 1.807) is 6.07 Å². The molecule has 9 heteroatoms. The van der Waals surface area contributed by atoms with Gasteiger partial charge in [0.2, 0.25) is 5.88 Å². The lowest BCUT2D eigenvalue weighted by atomic mass is 9.83. The van der Waals surface area contributed by atoms with Gasteiger partial charge >= 0.3 is 5.91 Å². The van der Waals surface area contributed by atoms with Crippen LogP contribution in [0.3, 0.4) is 0 Å². The Morgan fingerprint density at radius 2 is 1.85 bits per heavy atom. The van der Waals surface area contributed by atoms with Gasteiger partial charge in [0.15, 0.2) is 12.3 Å². The summed E-state index contributed by atoms with van der Waals surface area (Å²) in [5.41, 5.74) is 4.28. The Kier molecular flexibility index (Phi) is 6.52. The number of carbonyl (C=O) groups is 1. The van der Waals surface area contributed by atoms with Gasteiger partial charge in [-0.05, 0) is 55.5 Å². The van der Waals surface area contributed by atoms with E-state index in [0.717, 1.165) is 47.2 Å². The first-order valence-corrected chi connectivity index (χ1v) is 13.2. The number of aromatic nitrogens is 2. The summed E-state index contributed by atoms with van der Waals surface area (Å²) in [4.78, 5) is 27.2. The van der Waals surface area contributed by atoms with Gasteiger partial charge in [0.1, 0.15) is 5.75 Å². The van der Waals surface area contributed by atoms with E-state index in [2.05, 4.69) is 15.1 Å². The molecule has 39 heavy (non-hydrogen) atoms. The molecule has 0 radical (unpaired) electrons. The number of rotatable bonds is 6. The van der Waals surface area contributed by atoms with Crippen LogP contribution in [0, 0.1) is 19.8 Å². The minimum Gasteiger partial charge on any atom is -0.493 e. The zero-order chi connectivity index (χ0) is 27.1. The second-order valence-corrected chi connectivity index (χ2v) is 10.6. The summed E-state index contributed by atoms with van der Waals surface area (Å²) in [5.74, 6) is 0.704. The van der Waals surface area contributed by atoms with Crippen molar-refractivity contribution in [3.63, 3.8) is 0 Å². The van der Waals surface area contributed by atoms with E-state index < -0.39 is 5.91 Å². The summed E-state index contributed by atoms with van der Waals surface area (Å²) in [6.07, 6.45) is 1.06. The highest BCUT2D eigenvalue weighted by molar-refractivity contribution is 5.95. The third-order valence-electron chi connectivity index (χ3n) is 7.98. The lowest BCUT2D eigenvalue weighted by molar-refractivity contribution is -0.120. The van der Waals surface area contributed by atoms with Gasteiger partial charge in [0.05, 0.1) is 12.2 Å². The molecule has 2 aliphatic rings. The monoisotopic (exact) mass is 525 g/mol. The number of aromatic hydroxyl groups is 1. The van der Waals surface area contributed by atoms with Gasteiger partial charge in [-0.25, -0.2) is 0 Å². The van der Waals surface area contributed by atoms with E-state index in [0.29, 0.717) is 24.9 Å². The predicted molar refractivity (Wildman–Crippen MR) is 148 cm³/mol. The molecule has 2 aromatic carbocycles. The summed E-state index contributed by atoms with van der Waals surface area (Å²) in [6, 6.07) is 18.8. The summed E-state index contributed by atoms with van der Waals surface area (Å²) in [6.45, 7) is 6.48. The highest BCUT2D eigenvalue weighted by Crippen LogP contribution is 2.40. The second-order valence-electron chi connectivity index (χ2n) is 10.6. The molecular formula is C30H31N5O4. The molecule has 2 atom stereocenters. The quantitative estimate of drug-likeness (QED) is 0.361. The fourth-order valence-corrected chi connectivity index (χ4v) is 5.98. The molecule has 200 valence electrons. The van der Waals surface area contributed by atoms with Gasteiger partial charge in [-0.2, -0.15) is 0 Å². The first kappa shape index (κ1) is 25.1. The number of ether oxygens (including phenoxy) is 1. The number of para-hydroxylation sites is 1. The number of likely N-dealkylation sites (tertiary alicyclic amines) is 1. The molecule has 1 saturated heterocycles. The van der Waals surface area contributed by atoms with E-state index in [-0.39, 0.29) is 29.7 Å². The molecule has 0 aliphatic carbocycles. The number of fused-ring (bicyclic) bond motifs is 5. The molecule has 0 spiro atoms. The van der Waals surface area contributed by atoms with Crippen molar-refractivity contribution in [1.82, 2.24) is 14.0 Å². The number of pyridine rings is 1. The lowest BCUT2D eigenvalue weighted by Crippen LogP contribution is -2.47. The minimum absolute atomic E-state index is 0.0319. The van der Waals surface area contributed by atoms with Crippen LogP contribution < -0.4 is 10.3 Å². The van der Waals surface area contributed by atoms with Crippen LogP contribution >= 0.6 is 0 Å². The molecule has 9 nitrogen and oxygen atoms in total. The summed E-state index contributed by atoms with van der Waals surface area (Å²) in [7, 11) is 0. The first-order valence-electron chi connectivity index (χ1n) is 13.2. The molecule has 4 heterocycles. The number of hydrogen-bond donors (Lipinski definition) is 1. The maximum absolute atomic E-state index is 12.5. The van der Waals surface area contributed by atoms with Crippen LogP contribution in [-0.4, -0.2) is 44.7 Å². The van der Waals surface area contributed by atoms with E-state index in [1.165, 1.54) is 0 Å². The SMILES string of the molecule is Cc1cccc(OCC(=O)N=Nc2c(O)n(CN3C[C@@H]4C[C@H](C3)c3cccc(=O)n3C4)c3ccccc23)c1C. The highest BCUT2D eigenvalue weighted by atomic mass is 16.5. The molecule has 1 N–H and O–H groups in total. The molecule has 0 saturated carbocycles. The van der Waals surface area contributed by atoms with Gasteiger partial charge < -0.3 is 14.4 Å². The van der Waals surface area contributed by atoms with E-state index in [4.69, 9.17) is 4.74 Å². The van der Waals surface area contributed by atoms with Gasteiger partial charge in [-0.3, -0.25) is 19.1 Å². The van der Waals surface area contributed by atoms with Crippen molar-refractivity contribution in [2.45, 2.75) is 39.4 Å². The Hall–Kier alpha value is -4.24. The molecule has 6 rings (SSSR count). The summed E-state index contributed by atoms with van der Waals surface area (Å²) in [5, 5.41) is 20.0. The largest absolute Gasteiger partial charge is 0.493 e. The number of amides is 1. The van der Waals surface area contributed by atoms with Crippen LogP contribution in [-0.2, 0) is 18.0 Å². The number of carbonyl (C=O) groups excluding carboxylic acids is 1. The Bertz CT molecular complexity index is 1650. The Morgan fingerprint density at radius 1 is 1.03 bits per heavy atom. The third kappa shape index (κ3) is 4.74. The fraction of sp³-hybridized carbons (Fsp3) is 0.333. The van der Waals surface area contributed by atoms with Crippen LogP contribution in [0.1, 0.15) is 29.2 Å². The van der Waals surface area contributed by atoms with Crippen molar-refractivity contribution < 1.29 is 14.6 Å². The molecule has 2 bridgehead atoms. The number of piperidine rings is 1. The summed E-state index contributed by atoms with van der Waals surface area (Å²) < 4.78 is 9.40. The van der Waals surface area contributed by atoms with Gasteiger partial charge in [-0.1, -0.05) is 36.4 Å². The van der Waals surface area contributed by atoms with Crippen molar-refractivity contribution >= 4 is 22.5 Å². The van der Waals surface area contributed by atoms with Gasteiger partial charge in [0.25, 0.3) is 5.56 Å². The van der Waals surface area contributed by atoms with Crippen LogP contribution in [0.2, 0.25) is 0 Å². The van der Waals surface area contributed by atoms with Crippen LogP contribution in [0.5, 0.6) is 11.6 Å². The maximum atomic E-state index is 12.5. The van der Waals surface area contributed by atoms with Crippen molar-refractivity contribution in [2.24, 2.45) is 16.1 Å². The zero-order valence-corrected chi connectivity index (χ0v) is 22.1. The fourth-order valence-electron chi connectivity index (χ4n) is 5.98. The van der Waals surface area contributed by atoms with Gasteiger partial charge in [0, 0.05) is 42.7 Å². The lowest BCUT2D eigenvalue weighted by Gasteiger charge is -2.42. The molecule has 1 amide bonds. The first-order chi connectivity index (χ1) is 18.9. The molecule has 2 aromatic heterocycles. The van der Waals surface area contributed by atoms with Crippen LogP contribution in [0.4, 0.5) is 5.69 Å². The number of aryl methyl sites for hydroxylation is 1. The van der Waals surface area contributed by atoms with Crippen molar-refractivity contribution in [3.8, 4) is 11.6 Å². The third-order valence-corrected chi connectivity index (χ3v) is 7.98. The highest BCUT2D eigenvalue weighted by Gasteiger charge is 2.35. The number of hydrogen-bond acceptors (Lipinski definition) is 6. The van der Waals surface area contributed by atoms with E-state index >= 15 is 0 Å². The standard InChI is InChI=1S/C30H31N5O4/c1-19-7-5-11-26(20(19)2)39-17-27(36)31-32-29-23-8-3-4-9-25(23)35(30(29)38)18-33-14-21-13-22(16-33)24-10-6-12-28(37)34(24)15-21/h3-12,21-22,38H,13-18H2,1-2H3/t21-,22+/m0/s1. The normalized spacial score (nSPS) is 18.9. The second kappa shape index (κ2) is 10.1. The topological polar surface area (TPSA) is 101 Å². The van der Waals surface area contributed by atoms with Crippen molar-refractivity contribution in [2.75, 3.05) is 19.7 Å².